The van der Waals surface area contributed by atoms with Crippen LogP contribution in [-0.4, -0.2) is 21.6 Å². The highest BCUT2D eigenvalue weighted by molar-refractivity contribution is 6.32. The summed E-state index contributed by atoms with van der Waals surface area (Å²) < 4.78 is 5.49. The summed E-state index contributed by atoms with van der Waals surface area (Å²) >= 11 is 0. The van der Waals surface area contributed by atoms with E-state index in [0.717, 1.165) is 50.2 Å². The van der Waals surface area contributed by atoms with Crippen molar-refractivity contribution in [2.75, 3.05) is 5.73 Å². The maximum atomic E-state index is 11.8. The van der Waals surface area contributed by atoms with Crippen LogP contribution in [-0.2, 0) is 4.79 Å². The van der Waals surface area contributed by atoms with Crippen molar-refractivity contribution in [3.05, 3.63) is 169 Å². The molecule has 0 spiro atoms. The topological polar surface area (TPSA) is 90.5 Å². The number of nitrogen functional groups attached to an aromatic ring is 1. The molecule has 7 aromatic rings. The average Bonchev–Trinajstić information content (AvgIpc) is 3.14. The Balaban J connectivity index is 1.28. The van der Waals surface area contributed by atoms with Crippen LogP contribution in [0, 0.1) is 0 Å². The molecule has 7 rings (SSSR count). The van der Waals surface area contributed by atoms with Gasteiger partial charge >= 0.3 is 5.97 Å². The number of fused-ring (bicyclic) bond motifs is 1. The van der Waals surface area contributed by atoms with Crippen LogP contribution in [0.4, 0.5) is 11.4 Å². The van der Waals surface area contributed by atoms with Crippen molar-refractivity contribution in [2.45, 2.75) is 6.92 Å². The Morgan fingerprint density at radius 3 is 1.82 bits per heavy atom. The van der Waals surface area contributed by atoms with E-state index in [-0.39, 0.29) is 0 Å². The van der Waals surface area contributed by atoms with Crippen LogP contribution in [0.1, 0.15) is 18.1 Å². The van der Waals surface area contributed by atoms with Crippen LogP contribution in [0.25, 0.3) is 50.2 Å². The third kappa shape index (κ3) is 6.62. The molecule has 0 bridgehead atoms. The second-order valence-corrected chi connectivity index (χ2v) is 11.5. The van der Waals surface area contributed by atoms with E-state index >= 15 is 0 Å². The Morgan fingerprint density at radius 2 is 1.18 bits per heavy atom. The zero-order valence-corrected chi connectivity index (χ0v) is 26.9. The summed E-state index contributed by atoms with van der Waals surface area (Å²) in [6.07, 6.45) is 0. The van der Waals surface area contributed by atoms with Gasteiger partial charge in [-0.15, -0.1) is 0 Å². The van der Waals surface area contributed by atoms with Gasteiger partial charge in [0.25, 0.3) is 0 Å². The molecule has 1 heterocycles. The quantitative estimate of drug-likeness (QED) is 0.0776. The molecule has 0 fully saturated rings. The lowest BCUT2D eigenvalue weighted by Gasteiger charge is -2.15. The second-order valence-electron chi connectivity index (χ2n) is 11.5. The summed E-state index contributed by atoms with van der Waals surface area (Å²) in [5.74, 6) is 0.00328. The van der Waals surface area contributed by atoms with E-state index in [4.69, 9.17) is 25.4 Å². The number of carbonyl (C=O) groups excluding carboxylic acids is 1. The zero-order chi connectivity index (χ0) is 33.7. The van der Waals surface area contributed by atoms with Gasteiger partial charge in [-0.25, -0.2) is 15.0 Å². The number of hydrogen-bond acceptors (Lipinski definition) is 6. The number of nitrogens with zero attached hydrogens (tertiary/aromatic N) is 3. The van der Waals surface area contributed by atoms with Crippen LogP contribution >= 0.6 is 0 Å². The monoisotopic (exact) mass is 636 g/mol. The minimum absolute atomic E-state index is 0.411. The highest BCUT2D eigenvalue weighted by Gasteiger charge is 2.17. The molecule has 6 nitrogen and oxygen atoms in total. The van der Waals surface area contributed by atoms with Crippen LogP contribution in [0.5, 0.6) is 5.75 Å². The van der Waals surface area contributed by atoms with Crippen molar-refractivity contribution in [1.29, 1.82) is 0 Å². The van der Waals surface area contributed by atoms with Crippen molar-refractivity contribution in [3.8, 4) is 39.4 Å². The van der Waals surface area contributed by atoms with Crippen LogP contribution in [0.3, 0.4) is 0 Å². The van der Waals surface area contributed by atoms with Crippen molar-refractivity contribution in [1.82, 2.24) is 9.97 Å². The number of aliphatic imine (C=N–C) groups is 1. The van der Waals surface area contributed by atoms with Gasteiger partial charge in [-0.05, 0) is 41.5 Å². The first-order chi connectivity index (χ1) is 23.9. The molecule has 0 aliphatic rings. The van der Waals surface area contributed by atoms with E-state index in [1.54, 1.807) is 6.07 Å². The first kappa shape index (κ1) is 31.0. The van der Waals surface area contributed by atoms with Crippen molar-refractivity contribution in [2.24, 2.45) is 4.99 Å². The number of anilines is 1. The molecule has 0 saturated carbocycles. The van der Waals surface area contributed by atoms with Gasteiger partial charge in [0.1, 0.15) is 5.75 Å². The van der Waals surface area contributed by atoms with Crippen molar-refractivity contribution in [3.63, 3.8) is 0 Å². The predicted octanol–water partition coefficient (Wildman–Crippen LogP) is 9.97. The van der Waals surface area contributed by atoms with Gasteiger partial charge in [0.05, 0.1) is 39.5 Å². The minimum Gasteiger partial charge on any atom is -0.426 e. The van der Waals surface area contributed by atoms with E-state index in [1.807, 2.05) is 121 Å². The molecule has 49 heavy (non-hydrogen) atoms. The standard InChI is InChI=1S/C43H32N4O2/c1-28(35-20-12-13-21-40(35)49-29(2)48)41(30-14-6-3-7-15-30)45-37-24-22-33(26-36(37)44)34-23-25-38-39(27-34)47-43(32-18-10-5-11-19-32)42(46-38)31-16-8-4-9-17-31/h3-27H,1,44H2,2H3. The number of carbonyl (C=O) groups is 1. The molecule has 0 radical (unpaired) electrons. The summed E-state index contributed by atoms with van der Waals surface area (Å²) in [6, 6.07) is 49.2. The molecule has 236 valence electrons. The molecule has 6 aromatic carbocycles. The van der Waals surface area contributed by atoms with Gasteiger partial charge in [0.15, 0.2) is 0 Å². The largest absolute Gasteiger partial charge is 0.426 e. The van der Waals surface area contributed by atoms with E-state index < -0.39 is 5.97 Å². The Kier molecular flexibility index (Phi) is 8.59. The van der Waals surface area contributed by atoms with E-state index in [9.17, 15) is 4.79 Å². The summed E-state index contributed by atoms with van der Waals surface area (Å²) in [7, 11) is 0. The van der Waals surface area contributed by atoms with E-state index in [0.29, 0.717) is 34.0 Å². The lowest BCUT2D eigenvalue weighted by atomic mass is 9.96. The Hall–Kier alpha value is -6.66. The fourth-order valence-corrected chi connectivity index (χ4v) is 5.77. The Bertz CT molecular complexity index is 2350. The number of aromatic nitrogens is 2. The van der Waals surface area contributed by atoms with Gasteiger partial charge in [-0.1, -0.05) is 128 Å². The lowest BCUT2D eigenvalue weighted by molar-refractivity contribution is -0.131. The zero-order valence-electron chi connectivity index (χ0n) is 26.9. The van der Waals surface area contributed by atoms with E-state index in [2.05, 4.69) is 30.8 Å². The Morgan fingerprint density at radius 1 is 0.633 bits per heavy atom. The molecule has 0 aliphatic heterocycles. The molecule has 6 heteroatoms. The average molecular weight is 637 g/mol. The first-order valence-corrected chi connectivity index (χ1v) is 15.9. The maximum Gasteiger partial charge on any atom is 0.308 e. The highest BCUT2D eigenvalue weighted by Crippen LogP contribution is 2.36. The predicted molar refractivity (Wildman–Crippen MR) is 200 cm³/mol. The molecule has 0 amide bonds. The molecule has 0 aliphatic carbocycles. The van der Waals surface area contributed by atoms with Crippen LogP contribution in [0.2, 0.25) is 0 Å². The fourth-order valence-electron chi connectivity index (χ4n) is 5.77. The minimum atomic E-state index is -0.411. The van der Waals surface area contributed by atoms with Gasteiger partial charge in [-0.3, -0.25) is 4.79 Å². The third-order valence-electron chi connectivity index (χ3n) is 8.15. The summed E-state index contributed by atoms with van der Waals surface area (Å²) in [4.78, 5) is 27.1. The smallest absolute Gasteiger partial charge is 0.308 e. The second kappa shape index (κ2) is 13.6. The van der Waals surface area contributed by atoms with Gasteiger partial charge in [0.2, 0.25) is 0 Å². The SMILES string of the molecule is C=C(C(=Nc1ccc(-c2ccc3nc(-c4ccccc4)c(-c4ccccc4)nc3c2)cc1N)c1ccccc1)c1ccccc1OC(C)=O. The normalized spacial score (nSPS) is 11.3. The number of benzene rings is 6. The summed E-state index contributed by atoms with van der Waals surface area (Å²) in [5.41, 5.74) is 17.6. The van der Waals surface area contributed by atoms with Crippen molar-refractivity contribution < 1.29 is 9.53 Å². The van der Waals surface area contributed by atoms with Crippen LogP contribution in [0.15, 0.2) is 163 Å². The molecule has 0 saturated heterocycles. The Labute approximate surface area is 284 Å². The van der Waals surface area contributed by atoms with Crippen molar-refractivity contribution >= 4 is 39.7 Å². The molecule has 0 atom stereocenters. The summed E-state index contributed by atoms with van der Waals surface area (Å²) in [5, 5.41) is 0. The number of rotatable bonds is 8. The fraction of sp³-hybridized carbons (Fsp3) is 0.0233. The third-order valence-corrected chi connectivity index (χ3v) is 8.15. The summed E-state index contributed by atoms with van der Waals surface area (Å²) in [6.45, 7) is 5.74. The number of hydrogen-bond donors (Lipinski definition) is 1. The number of esters is 1. The van der Waals surface area contributed by atoms with Gasteiger partial charge in [-0.2, -0.15) is 0 Å². The lowest BCUT2D eigenvalue weighted by Crippen LogP contribution is -2.08. The first-order valence-electron chi connectivity index (χ1n) is 15.9. The number of para-hydroxylation sites is 1. The number of nitrogens with two attached hydrogens (primary N) is 1. The van der Waals surface area contributed by atoms with Crippen LogP contribution < -0.4 is 10.5 Å². The molecule has 0 unspecified atom stereocenters. The van der Waals surface area contributed by atoms with Gasteiger partial charge < -0.3 is 10.5 Å². The highest BCUT2D eigenvalue weighted by atomic mass is 16.5. The maximum absolute atomic E-state index is 11.8. The van der Waals surface area contributed by atoms with E-state index in [1.165, 1.54) is 6.92 Å². The molecular formula is C43H32N4O2. The van der Waals surface area contributed by atoms with Gasteiger partial charge in [0, 0.05) is 34.8 Å². The number of allylic oxidation sites excluding steroid dienone is 1. The molecule has 1 aromatic heterocycles. The molecule has 2 N–H and O–H groups in total. The molecular weight excluding hydrogens is 604 g/mol. The number of ether oxygens (including phenoxy) is 1.